The molecule has 0 radical (unpaired) electrons. The van der Waals surface area contributed by atoms with E-state index >= 15 is 0 Å². The normalized spacial score (nSPS) is 15.6. The minimum atomic E-state index is -0.856. The van der Waals surface area contributed by atoms with Gasteiger partial charge in [-0.25, -0.2) is 9.07 Å². The van der Waals surface area contributed by atoms with Crippen molar-refractivity contribution in [1.29, 1.82) is 0 Å². The van der Waals surface area contributed by atoms with Gasteiger partial charge in [0, 0.05) is 11.4 Å². The Hall–Kier alpha value is -3.20. The number of halogens is 1. The first-order chi connectivity index (χ1) is 13.6. The lowest BCUT2D eigenvalue weighted by molar-refractivity contribution is -0.125. The fraction of sp³-hybridized carbons (Fsp3) is 0.158. The summed E-state index contributed by atoms with van der Waals surface area (Å²) in [7, 11) is 0. The van der Waals surface area contributed by atoms with Gasteiger partial charge in [0.15, 0.2) is 0 Å². The van der Waals surface area contributed by atoms with Crippen LogP contribution in [-0.2, 0) is 15.3 Å². The molecule has 0 saturated carbocycles. The average molecular weight is 397 g/mol. The van der Waals surface area contributed by atoms with Crippen LogP contribution in [0.2, 0.25) is 0 Å². The summed E-state index contributed by atoms with van der Waals surface area (Å²) in [5.74, 6) is -0.338. The number of nitrogens with zero attached hydrogens (tertiary/aromatic N) is 3. The van der Waals surface area contributed by atoms with Gasteiger partial charge in [-0.15, -0.1) is 5.10 Å². The molecule has 7 nitrogen and oxygen atoms in total. The second-order valence-electron chi connectivity index (χ2n) is 6.20. The minimum Gasteiger partial charge on any atom is -0.324 e. The summed E-state index contributed by atoms with van der Waals surface area (Å²) >= 11 is 1.41. The molecule has 0 bridgehead atoms. The summed E-state index contributed by atoms with van der Waals surface area (Å²) in [6.45, 7) is 0. The molecule has 1 aliphatic heterocycles. The molecule has 2 heterocycles. The van der Waals surface area contributed by atoms with Crippen molar-refractivity contribution < 1.29 is 14.0 Å². The van der Waals surface area contributed by atoms with Gasteiger partial charge in [-0.2, -0.15) is 4.98 Å². The number of benzene rings is 2. The molecule has 2 amide bonds. The SMILES string of the molecule is O=C1C[C@H](C(=O)Nc2cccc(F)c2)n2nc(SCc3ccccc3)nc2N1. The van der Waals surface area contributed by atoms with E-state index in [1.807, 2.05) is 30.3 Å². The molecule has 1 aromatic heterocycles. The maximum Gasteiger partial charge on any atom is 0.249 e. The quantitative estimate of drug-likeness (QED) is 0.646. The number of nitrogens with one attached hydrogen (secondary N) is 2. The lowest BCUT2D eigenvalue weighted by Crippen LogP contribution is -2.36. The molecule has 4 rings (SSSR count). The molecule has 0 spiro atoms. The Morgan fingerprint density at radius 2 is 2.07 bits per heavy atom. The first-order valence-corrected chi connectivity index (χ1v) is 9.56. The van der Waals surface area contributed by atoms with Crippen LogP contribution in [0.25, 0.3) is 0 Å². The molecule has 28 heavy (non-hydrogen) atoms. The maximum atomic E-state index is 13.3. The predicted molar refractivity (Wildman–Crippen MR) is 103 cm³/mol. The number of fused-ring (bicyclic) bond motifs is 1. The van der Waals surface area contributed by atoms with Gasteiger partial charge >= 0.3 is 0 Å². The number of amides is 2. The highest BCUT2D eigenvalue weighted by Crippen LogP contribution is 2.28. The third kappa shape index (κ3) is 4.04. The Bertz CT molecular complexity index is 1020. The number of anilines is 2. The van der Waals surface area contributed by atoms with Crippen molar-refractivity contribution in [1.82, 2.24) is 14.8 Å². The fourth-order valence-corrected chi connectivity index (χ4v) is 3.61. The Balaban J connectivity index is 1.52. The number of carbonyl (C=O) groups excluding carboxylic acids is 2. The standard InChI is InChI=1S/C19H16FN5O2S/c20-13-7-4-8-14(9-13)21-17(27)15-10-16(26)22-18-23-19(24-25(15)18)28-11-12-5-2-1-3-6-12/h1-9,15H,10-11H2,(H,21,27)(H,22,23,24,26)/t15-/m1/s1. The van der Waals surface area contributed by atoms with Crippen LogP contribution < -0.4 is 10.6 Å². The van der Waals surface area contributed by atoms with Gasteiger partial charge in [0.2, 0.25) is 22.9 Å². The van der Waals surface area contributed by atoms with Crippen molar-refractivity contribution in [2.24, 2.45) is 0 Å². The Labute approximate surface area is 164 Å². The first-order valence-electron chi connectivity index (χ1n) is 8.58. The maximum absolute atomic E-state index is 13.3. The van der Waals surface area contributed by atoms with Gasteiger partial charge in [0.05, 0.1) is 6.42 Å². The summed E-state index contributed by atoms with van der Waals surface area (Å²) in [5.41, 5.74) is 1.43. The van der Waals surface area contributed by atoms with Crippen molar-refractivity contribution in [2.45, 2.75) is 23.4 Å². The van der Waals surface area contributed by atoms with Crippen LogP contribution in [0.3, 0.4) is 0 Å². The summed E-state index contributed by atoms with van der Waals surface area (Å²) in [4.78, 5) is 29.0. The van der Waals surface area contributed by atoms with Crippen LogP contribution in [0.15, 0.2) is 59.8 Å². The minimum absolute atomic E-state index is 0.0691. The van der Waals surface area contributed by atoms with Gasteiger partial charge in [-0.1, -0.05) is 48.2 Å². The molecule has 0 aliphatic carbocycles. The van der Waals surface area contributed by atoms with Crippen LogP contribution in [0, 0.1) is 5.82 Å². The Morgan fingerprint density at radius 3 is 2.86 bits per heavy atom. The summed E-state index contributed by atoms with van der Waals surface area (Å²) in [6.07, 6.45) is -0.0691. The van der Waals surface area contributed by atoms with Crippen molar-refractivity contribution in [2.75, 3.05) is 10.6 Å². The van der Waals surface area contributed by atoms with Crippen LogP contribution in [-0.4, -0.2) is 26.6 Å². The van der Waals surface area contributed by atoms with Crippen LogP contribution in [0.1, 0.15) is 18.0 Å². The number of hydrogen-bond donors (Lipinski definition) is 2. The highest BCUT2D eigenvalue weighted by Gasteiger charge is 2.33. The fourth-order valence-electron chi connectivity index (χ4n) is 2.82. The molecule has 0 saturated heterocycles. The lowest BCUT2D eigenvalue weighted by atomic mass is 10.1. The zero-order valence-electron chi connectivity index (χ0n) is 14.6. The van der Waals surface area contributed by atoms with Gasteiger partial charge < -0.3 is 5.32 Å². The third-order valence-electron chi connectivity index (χ3n) is 4.14. The van der Waals surface area contributed by atoms with E-state index in [0.29, 0.717) is 16.6 Å². The smallest absolute Gasteiger partial charge is 0.249 e. The first kappa shape index (κ1) is 18.2. The molecular formula is C19H16FN5O2S. The van der Waals surface area contributed by atoms with E-state index < -0.39 is 17.8 Å². The lowest BCUT2D eigenvalue weighted by Gasteiger charge is -2.22. The largest absolute Gasteiger partial charge is 0.324 e. The second kappa shape index (κ2) is 7.81. The number of hydrogen-bond acceptors (Lipinski definition) is 5. The van der Waals surface area contributed by atoms with Gasteiger partial charge in [-0.3, -0.25) is 14.9 Å². The molecule has 9 heteroatoms. The van der Waals surface area contributed by atoms with E-state index in [-0.39, 0.29) is 18.3 Å². The van der Waals surface area contributed by atoms with Gasteiger partial charge in [0.25, 0.3) is 0 Å². The summed E-state index contributed by atoms with van der Waals surface area (Å²) < 4.78 is 14.7. The number of rotatable bonds is 5. The zero-order chi connectivity index (χ0) is 19.5. The van der Waals surface area contributed by atoms with E-state index in [2.05, 4.69) is 20.7 Å². The molecule has 2 aromatic carbocycles. The van der Waals surface area contributed by atoms with Gasteiger partial charge in [0.1, 0.15) is 11.9 Å². The van der Waals surface area contributed by atoms with Crippen LogP contribution in [0.4, 0.5) is 16.0 Å². The Kier molecular flexibility index (Phi) is 5.07. The monoisotopic (exact) mass is 397 g/mol. The molecule has 1 aliphatic rings. The highest BCUT2D eigenvalue weighted by molar-refractivity contribution is 7.98. The molecule has 142 valence electrons. The average Bonchev–Trinajstić information content (AvgIpc) is 3.09. The second-order valence-corrected chi connectivity index (χ2v) is 7.15. The summed E-state index contributed by atoms with van der Waals surface area (Å²) in [5, 5.41) is 10.1. The Morgan fingerprint density at radius 1 is 1.25 bits per heavy atom. The summed E-state index contributed by atoms with van der Waals surface area (Å²) in [6, 6.07) is 14.6. The number of thioether (sulfide) groups is 1. The molecule has 0 unspecified atom stereocenters. The van der Waals surface area contributed by atoms with E-state index in [0.717, 1.165) is 5.56 Å². The van der Waals surface area contributed by atoms with Gasteiger partial charge in [-0.05, 0) is 23.8 Å². The molecule has 2 N–H and O–H groups in total. The highest BCUT2D eigenvalue weighted by atomic mass is 32.2. The van der Waals surface area contributed by atoms with Crippen LogP contribution in [0.5, 0.6) is 0 Å². The zero-order valence-corrected chi connectivity index (χ0v) is 15.4. The number of carbonyl (C=O) groups is 2. The van der Waals surface area contributed by atoms with Crippen molar-refractivity contribution in [3.63, 3.8) is 0 Å². The molecule has 0 fully saturated rings. The van der Waals surface area contributed by atoms with E-state index in [1.54, 1.807) is 6.07 Å². The third-order valence-corrected chi connectivity index (χ3v) is 5.05. The topological polar surface area (TPSA) is 88.9 Å². The molecular weight excluding hydrogens is 381 g/mol. The predicted octanol–water partition coefficient (Wildman–Crippen LogP) is 3.23. The molecule has 3 aromatic rings. The van der Waals surface area contributed by atoms with E-state index in [4.69, 9.17) is 0 Å². The van der Waals surface area contributed by atoms with Crippen molar-refractivity contribution in [3.05, 3.63) is 66.0 Å². The molecule has 1 atom stereocenters. The van der Waals surface area contributed by atoms with Crippen LogP contribution >= 0.6 is 11.8 Å². The number of aromatic nitrogens is 3. The van der Waals surface area contributed by atoms with E-state index in [9.17, 15) is 14.0 Å². The van der Waals surface area contributed by atoms with Crippen molar-refractivity contribution >= 4 is 35.2 Å². The van der Waals surface area contributed by atoms with Crippen molar-refractivity contribution in [3.8, 4) is 0 Å². The van der Waals surface area contributed by atoms with E-state index in [1.165, 1.54) is 34.6 Å².